The first kappa shape index (κ1) is 23.4. The molecule has 1 aliphatic rings. The molecule has 2 aromatic carbocycles. The monoisotopic (exact) mass is 451 g/mol. The molecule has 1 atom stereocenters. The predicted octanol–water partition coefficient (Wildman–Crippen LogP) is 4.07. The summed E-state index contributed by atoms with van der Waals surface area (Å²) < 4.78 is 29.3. The maximum absolute atomic E-state index is 15.4. The zero-order valence-corrected chi connectivity index (χ0v) is 20.3. The molecule has 0 radical (unpaired) electrons. The fourth-order valence-corrected chi connectivity index (χ4v) is 3.73. The summed E-state index contributed by atoms with van der Waals surface area (Å²) in [6, 6.07) is 14.3. The lowest BCUT2D eigenvalue weighted by Gasteiger charge is -2.32. The third-order valence-electron chi connectivity index (χ3n) is 6.34. The summed E-state index contributed by atoms with van der Waals surface area (Å²) in [5, 5.41) is 15.8. The first-order valence-electron chi connectivity index (χ1n) is 11.1. The Kier molecular flexibility index (Phi) is 5.82. The molecule has 3 aromatic rings. The quantitative estimate of drug-likeness (QED) is 0.590. The van der Waals surface area contributed by atoms with Crippen molar-refractivity contribution in [2.75, 3.05) is 5.32 Å². The summed E-state index contributed by atoms with van der Waals surface area (Å²) in [7, 11) is -0.774. The van der Waals surface area contributed by atoms with E-state index in [0.717, 1.165) is 5.69 Å². The first-order valence-corrected chi connectivity index (χ1v) is 11.1. The Balaban J connectivity index is 1.73. The largest absolute Gasteiger partial charge is 0.497 e. The maximum atomic E-state index is 15.4. The molecule has 0 aliphatic carbocycles. The Morgan fingerprint density at radius 2 is 1.64 bits per heavy atom. The number of benzene rings is 2. The van der Waals surface area contributed by atoms with Crippen LogP contribution in [-0.2, 0) is 14.8 Å². The number of rotatable bonds is 5. The molecule has 0 saturated carbocycles. The molecule has 174 valence electrons. The number of hydrogen-bond donors (Lipinski definition) is 1. The molecule has 33 heavy (non-hydrogen) atoms. The maximum Gasteiger partial charge on any atom is 0.497 e. The van der Waals surface area contributed by atoms with Crippen LogP contribution in [0.3, 0.4) is 0 Å². The van der Waals surface area contributed by atoms with Gasteiger partial charge in [0.2, 0.25) is 0 Å². The van der Waals surface area contributed by atoms with Crippen LogP contribution in [0.1, 0.15) is 65.9 Å². The van der Waals surface area contributed by atoms with Crippen molar-refractivity contribution in [3.8, 4) is 0 Å². The molecular weight excluding hydrogens is 420 g/mol. The first-order chi connectivity index (χ1) is 15.4. The molecule has 0 bridgehead atoms. The van der Waals surface area contributed by atoms with Gasteiger partial charge in [0, 0.05) is 11.2 Å². The summed E-state index contributed by atoms with van der Waals surface area (Å²) in [5.74, 6) is 0.190. The summed E-state index contributed by atoms with van der Waals surface area (Å²) in [6.07, 6.45) is 0. The fraction of sp³-hybridized carbons (Fsp3) is 0.458. The summed E-state index contributed by atoms with van der Waals surface area (Å²) in [5.41, 5.74) is 0.491. The molecule has 4 rings (SSSR count). The topological polar surface area (TPSA) is 74.1 Å². The lowest BCUT2D eigenvalue weighted by Crippen LogP contribution is -2.41. The zero-order valence-electron chi connectivity index (χ0n) is 20.3. The Bertz CT molecular complexity index is 1110. The molecule has 1 aliphatic heterocycles. The van der Waals surface area contributed by atoms with Crippen LogP contribution in [0.15, 0.2) is 48.5 Å². The van der Waals surface area contributed by atoms with Crippen molar-refractivity contribution in [1.82, 2.24) is 20.2 Å². The summed E-state index contributed by atoms with van der Waals surface area (Å²) in [4.78, 5) is 0. The van der Waals surface area contributed by atoms with Gasteiger partial charge in [0.25, 0.3) is 0 Å². The van der Waals surface area contributed by atoms with Crippen molar-refractivity contribution < 1.29 is 13.7 Å². The van der Waals surface area contributed by atoms with E-state index in [0.29, 0.717) is 16.9 Å². The van der Waals surface area contributed by atoms with Crippen LogP contribution in [0.4, 0.5) is 10.1 Å². The second-order valence-corrected chi connectivity index (χ2v) is 10.4. The van der Waals surface area contributed by atoms with Gasteiger partial charge in [-0.15, -0.1) is 5.10 Å². The van der Waals surface area contributed by atoms with Crippen molar-refractivity contribution in [2.45, 2.75) is 71.2 Å². The average molecular weight is 451 g/mol. The Morgan fingerprint density at radius 1 is 1.00 bits per heavy atom. The molecule has 0 amide bonds. The van der Waals surface area contributed by atoms with Crippen LogP contribution in [0.2, 0.25) is 0 Å². The molecule has 1 unspecified atom stereocenters. The van der Waals surface area contributed by atoms with Crippen LogP contribution < -0.4 is 10.8 Å². The smallest absolute Gasteiger partial charge is 0.399 e. The number of anilines is 1. The van der Waals surface area contributed by atoms with Gasteiger partial charge >= 0.3 is 7.12 Å². The highest BCUT2D eigenvalue weighted by Crippen LogP contribution is 2.37. The van der Waals surface area contributed by atoms with Crippen molar-refractivity contribution in [3.05, 3.63) is 65.7 Å². The van der Waals surface area contributed by atoms with Gasteiger partial charge in [-0.05, 0) is 82.7 Å². The van der Waals surface area contributed by atoms with Crippen molar-refractivity contribution in [2.24, 2.45) is 0 Å². The van der Waals surface area contributed by atoms with E-state index in [9.17, 15) is 0 Å². The molecule has 0 spiro atoms. The number of nitrogens with one attached hydrogen (secondary N) is 1. The van der Waals surface area contributed by atoms with Gasteiger partial charge in [-0.1, -0.05) is 30.3 Å². The number of nitrogens with zero attached hydrogens (tertiary/aromatic N) is 4. The van der Waals surface area contributed by atoms with Crippen molar-refractivity contribution in [3.63, 3.8) is 0 Å². The lowest BCUT2D eigenvalue weighted by molar-refractivity contribution is 0.00578. The zero-order chi connectivity index (χ0) is 24.0. The molecule has 1 saturated heterocycles. The standard InChI is InChI=1S/C24H31BFN5O2/c1-22(2,3)31-21(28-29-30-31)20(27-17-11-9-8-10-12-17)16-13-14-18(19(26)15-16)25-32-23(4,5)24(6,7)33-25/h8-15,20,27H,1-7H3. The number of para-hydroxylation sites is 1. The predicted molar refractivity (Wildman–Crippen MR) is 127 cm³/mol. The highest BCUT2D eigenvalue weighted by atomic mass is 19.1. The number of hydrogen-bond acceptors (Lipinski definition) is 6. The van der Waals surface area contributed by atoms with E-state index in [1.165, 1.54) is 6.07 Å². The third-order valence-corrected chi connectivity index (χ3v) is 6.34. The second kappa shape index (κ2) is 8.22. The van der Waals surface area contributed by atoms with E-state index in [1.807, 2.05) is 84.9 Å². The molecule has 9 heteroatoms. The van der Waals surface area contributed by atoms with E-state index >= 15 is 4.39 Å². The molecule has 1 fully saturated rings. The van der Waals surface area contributed by atoms with E-state index in [-0.39, 0.29) is 5.54 Å². The van der Waals surface area contributed by atoms with E-state index in [4.69, 9.17) is 9.31 Å². The average Bonchev–Trinajstić information content (AvgIpc) is 3.29. The minimum atomic E-state index is -0.774. The van der Waals surface area contributed by atoms with E-state index < -0.39 is 30.2 Å². The second-order valence-electron chi connectivity index (χ2n) is 10.4. The highest BCUT2D eigenvalue weighted by molar-refractivity contribution is 6.62. The highest BCUT2D eigenvalue weighted by Gasteiger charge is 2.52. The Labute approximate surface area is 194 Å². The molecule has 2 heterocycles. The fourth-order valence-electron chi connectivity index (χ4n) is 3.73. The van der Waals surface area contributed by atoms with Gasteiger partial charge in [-0.3, -0.25) is 0 Å². The van der Waals surface area contributed by atoms with Gasteiger partial charge in [0.1, 0.15) is 11.9 Å². The summed E-state index contributed by atoms with van der Waals surface area (Å²) in [6.45, 7) is 13.9. The molecule has 1 aromatic heterocycles. The Hall–Kier alpha value is -2.78. The lowest BCUT2D eigenvalue weighted by atomic mass is 9.78. The normalized spacial score (nSPS) is 18.4. The molecule has 7 nitrogen and oxygen atoms in total. The number of tetrazole rings is 1. The minimum Gasteiger partial charge on any atom is -0.399 e. The van der Waals surface area contributed by atoms with Gasteiger partial charge in [-0.2, -0.15) is 0 Å². The molecule has 1 N–H and O–H groups in total. The van der Waals surface area contributed by atoms with Gasteiger partial charge < -0.3 is 14.6 Å². The third kappa shape index (κ3) is 4.52. The number of halogens is 1. The molecular formula is C24H31BFN5O2. The van der Waals surface area contributed by atoms with Crippen LogP contribution >= 0.6 is 0 Å². The van der Waals surface area contributed by atoms with E-state index in [1.54, 1.807) is 10.7 Å². The van der Waals surface area contributed by atoms with Crippen molar-refractivity contribution >= 4 is 18.3 Å². The van der Waals surface area contributed by atoms with Gasteiger partial charge in [0.05, 0.1) is 16.7 Å². The Morgan fingerprint density at radius 3 is 2.21 bits per heavy atom. The van der Waals surface area contributed by atoms with Gasteiger partial charge in [0.15, 0.2) is 5.82 Å². The van der Waals surface area contributed by atoms with Crippen molar-refractivity contribution in [1.29, 1.82) is 0 Å². The van der Waals surface area contributed by atoms with E-state index in [2.05, 4.69) is 20.8 Å². The number of aromatic nitrogens is 4. The van der Waals surface area contributed by atoms with Crippen LogP contribution in [0, 0.1) is 5.82 Å². The SMILES string of the molecule is CC(C)(C)n1nnnc1C(Nc1ccccc1)c1ccc(B2OC(C)(C)C(C)(C)O2)c(F)c1. The van der Waals surface area contributed by atoms with Crippen LogP contribution in [0.5, 0.6) is 0 Å². The van der Waals surface area contributed by atoms with Crippen LogP contribution in [-0.4, -0.2) is 38.5 Å². The van der Waals surface area contributed by atoms with Crippen LogP contribution in [0.25, 0.3) is 0 Å². The summed E-state index contributed by atoms with van der Waals surface area (Å²) >= 11 is 0. The van der Waals surface area contributed by atoms with Gasteiger partial charge in [-0.25, -0.2) is 9.07 Å². The minimum absolute atomic E-state index is 0.351.